The van der Waals surface area contributed by atoms with Crippen molar-refractivity contribution >= 4 is 23.5 Å². The fourth-order valence-electron chi connectivity index (χ4n) is 3.78. The highest BCUT2D eigenvalue weighted by atomic mass is 32.2. The molecule has 0 saturated carbocycles. The Hall–Kier alpha value is -2.97. The zero-order valence-corrected chi connectivity index (χ0v) is 20.0. The fraction of sp³-hybridized carbons (Fsp3) is 0.360. The van der Waals surface area contributed by atoms with Crippen LogP contribution < -0.4 is 10.2 Å². The van der Waals surface area contributed by atoms with Gasteiger partial charge in [0.05, 0.1) is 0 Å². The summed E-state index contributed by atoms with van der Waals surface area (Å²) in [6, 6.07) is 13.6. The minimum absolute atomic E-state index is 0.0843. The number of nitrogens with one attached hydrogen (secondary N) is 1. The first-order valence-electron chi connectivity index (χ1n) is 11.3. The van der Waals surface area contributed by atoms with Gasteiger partial charge in [-0.05, 0) is 48.9 Å². The highest BCUT2D eigenvalue weighted by molar-refractivity contribution is 7.98. The van der Waals surface area contributed by atoms with E-state index in [4.69, 9.17) is 4.98 Å². The van der Waals surface area contributed by atoms with Gasteiger partial charge in [-0.25, -0.2) is 9.97 Å². The third kappa shape index (κ3) is 6.52. The quantitative estimate of drug-likeness (QED) is 0.405. The zero-order chi connectivity index (χ0) is 23.0. The van der Waals surface area contributed by atoms with Crippen molar-refractivity contribution in [1.82, 2.24) is 25.2 Å². The van der Waals surface area contributed by atoms with E-state index in [1.165, 1.54) is 0 Å². The topological polar surface area (TPSA) is 74.2 Å². The average Bonchev–Trinajstić information content (AvgIpc) is 2.86. The molecule has 0 spiro atoms. The molecule has 3 heterocycles. The summed E-state index contributed by atoms with van der Waals surface area (Å²) in [5.74, 6) is 1.63. The Morgan fingerprint density at radius 3 is 2.58 bits per heavy atom. The molecule has 8 heteroatoms. The zero-order valence-electron chi connectivity index (χ0n) is 19.2. The van der Waals surface area contributed by atoms with E-state index in [-0.39, 0.29) is 5.91 Å². The number of anilines is 1. The second-order valence-electron chi connectivity index (χ2n) is 8.10. The Bertz CT molecular complexity index is 1070. The third-order valence-corrected chi connectivity index (χ3v) is 6.64. The van der Waals surface area contributed by atoms with Gasteiger partial charge in [-0.15, -0.1) is 0 Å². The van der Waals surface area contributed by atoms with Crippen LogP contribution in [0, 0.1) is 6.92 Å². The van der Waals surface area contributed by atoms with E-state index in [0.29, 0.717) is 17.9 Å². The molecule has 1 amide bonds. The van der Waals surface area contributed by atoms with Gasteiger partial charge in [0.15, 0.2) is 5.16 Å². The maximum absolute atomic E-state index is 12.6. The summed E-state index contributed by atoms with van der Waals surface area (Å²) in [5.41, 5.74) is 3.72. The normalized spacial score (nSPS) is 14.3. The number of benzene rings is 1. The molecule has 7 nitrogen and oxygen atoms in total. The number of aromatic nitrogens is 3. The van der Waals surface area contributed by atoms with E-state index in [1.807, 2.05) is 43.3 Å². The predicted molar refractivity (Wildman–Crippen MR) is 133 cm³/mol. The van der Waals surface area contributed by atoms with Gasteiger partial charge < -0.3 is 15.1 Å². The van der Waals surface area contributed by atoms with Gasteiger partial charge in [0.2, 0.25) is 0 Å². The standard InChI is InChI=1S/C25H30N6OS/c1-3-30-11-13-31(14-12-30)23-15-19(2)28-25(29-23)33-18-21-5-4-6-22(16-21)24(32)27-17-20-7-9-26-10-8-20/h4-10,15-16H,3,11-14,17-18H2,1-2H3,(H,27,32). The summed E-state index contributed by atoms with van der Waals surface area (Å²) in [6.07, 6.45) is 3.45. The molecule has 0 atom stereocenters. The maximum Gasteiger partial charge on any atom is 0.251 e. The number of likely N-dealkylation sites (N-methyl/N-ethyl adjacent to an activating group) is 1. The molecule has 0 aliphatic carbocycles. The van der Waals surface area contributed by atoms with Gasteiger partial charge in [0.25, 0.3) is 5.91 Å². The Labute approximate surface area is 199 Å². The van der Waals surface area contributed by atoms with Crippen LogP contribution in [0.1, 0.15) is 34.1 Å². The van der Waals surface area contributed by atoms with Crippen LogP contribution in [0.3, 0.4) is 0 Å². The minimum Gasteiger partial charge on any atom is -0.354 e. The van der Waals surface area contributed by atoms with Gasteiger partial charge >= 0.3 is 0 Å². The lowest BCUT2D eigenvalue weighted by atomic mass is 10.1. The minimum atomic E-state index is -0.0843. The number of carbonyl (C=O) groups is 1. The fourth-order valence-corrected chi connectivity index (χ4v) is 4.62. The van der Waals surface area contributed by atoms with Crippen LogP contribution in [0.2, 0.25) is 0 Å². The van der Waals surface area contributed by atoms with E-state index in [0.717, 1.165) is 60.5 Å². The highest BCUT2D eigenvalue weighted by Crippen LogP contribution is 2.24. The molecule has 172 valence electrons. The Morgan fingerprint density at radius 1 is 1.03 bits per heavy atom. The molecule has 0 radical (unpaired) electrons. The van der Waals surface area contributed by atoms with E-state index < -0.39 is 0 Å². The van der Waals surface area contributed by atoms with E-state index >= 15 is 0 Å². The van der Waals surface area contributed by atoms with Gasteiger partial charge in [0, 0.05) is 68.2 Å². The third-order valence-electron chi connectivity index (χ3n) is 5.72. The summed E-state index contributed by atoms with van der Waals surface area (Å²) in [4.78, 5) is 30.8. The molecule has 0 bridgehead atoms. The summed E-state index contributed by atoms with van der Waals surface area (Å²) in [6.45, 7) is 9.92. The predicted octanol–water partition coefficient (Wildman–Crippen LogP) is 3.54. The van der Waals surface area contributed by atoms with Crippen LogP contribution in [0.4, 0.5) is 5.82 Å². The first-order valence-corrected chi connectivity index (χ1v) is 12.3. The molecule has 1 aromatic carbocycles. The monoisotopic (exact) mass is 462 g/mol. The molecular formula is C25H30N6OS. The number of rotatable bonds is 8. The molecule has 2 aromatic heterocycles. The number of pyridine rings is 1. The van der Waals surface area contributed by atoms with Crippen molar-refractivity contribution in [3.05, 3.63) is 77.2 Å². The number of thioether (sulfide) groups is 1. The molecule has 33 heavy (non-hydrogen) atoms. The van der Waals surface area contributed by atoms with Crippen LogP contribution in [0.5, 0.6) is 0 Å². The highest BCUT2D eigenvalue weighted by Gasteiger charge is 2.18. The molecule has 1 N–H and O–H groups in total. The van der Waals surface area contributed by atoms with Gasteiger partial charge in [-0.2, -0.15) is 0 Å². The number of hydrogen-bond acceptors (Lipinski definition) is 7. The van der Waals surface area contributed by atoms with Crippen molar-refractivity contribution in [2.75, 3.05) is 37.6 Å². The van der Waals surface area contributed by atoms with E-state index in [9.17, 15) is 4.79 Å². The summed E-state index contributed by atoms with van der Waals surface area (Å²) in [5, 5.41) is 3.74. The SMILES string of the molecule is CCN1CCN(c2cc(C)nc(SCc3cccc(C(=O)NCc4ccncc4)c3)n2)CC1. The average molecular weight is 463 g/mol. The Morgan fingerprint density at radius 2 is 1.82 bits per heavy atom. The van der Waals surface area contributed by atoms with Crippen molar-refractivity contribution < 1.29 is 4.79 Å². The van der Waals surface area contributed by atoms with Crippen molar-refractivity contribution in [2.24, 2.45) is 0 Å². The van der Waals surface area contributed by atoms with Crippen LogP contribution in [-0.2, 0) is 12.3 Å². The maximum atomic E-state index is 12.6. The molecule has 1 aliphatic heterocycles. The molecule has 1 saturated heterocycles. The molecular weight excluding hydrogens is 432 g/mol. The smallest absolute Gasteiger partial charge is 0.251 e. The molecule has 3 aromatic rings. The lowest BCUT2D eigenvalue weighted by Crippen LogP contribution is -2.46. The summed E-state index contributed by atoms with van der Waals surface area (Å²) in [7, 11) is 0. The van der Waals surface area contributed by atoms with Gasteiger partial charge in [0.1, 0.15) is 5.82 Å². The van der Waals surface area contributed by atoms with Gasteiger partial charge in [-0.3, -0.25) is 9.78 Å². The lowest BCUT2D eigenvalue weighted by Gasteiger charge is -2.34. The summed E-state index contributed by atoms with van der Waals surface area (Å²) >= 11 is 1.60. The van der Waals surface area contributed by atoms with Crippen molar-refractivity contribution in [3.8, 4) is 0 Å². The molecule has 1 fully saturated rings. The van der Waals surface area contributed by atoms with Crippen LogP contribution >= 0.6 is 11.8 Å². The Balaban J connectivity index is 1.36. The molecule has 0 unspecified atom stereocenters. The number of hydrogen-bond donors (Lipinski definition) is 1. The van der Waals surface area contributed by atoms with E-state index in [2.05, 4.69) is 38.1 Å². The van der Waals surface area contributed by atoms with E-state index in [1.54, 1.807) is 24.2 Å². The molecule has 4 rings (SSSR count). The van der Waals surface area contributed by atoms with Crippen LogP contribution in [0.25, 0.3) is 0 Å². The first-order chi connectivity index (χ1) is 16.1. The Kier molecular flexibility index (Phi) is 7.91. The number of carbonyl (C=O) groups excluding carboxylic acids is 1. The van der Waals surface area contributed by atoms with Crippen LogP contribution in [-0.4, -0.2) is 58.5 Å². The number of piperazine rings is 1. The number of nitrogens with zero attached hydrogens (tertiary/aromatic N) is 5. The molecule has 1 aliphatic rings. The summed E-state index contributed by atoms with van der Waals surface area (Å²) < 4.78 is 0. The number of aryl methyl sites for hydroxylation is 1. The second kappa shape index (κ2) is 11.2. The van der Waals surface area contributed by atoms with Crippen LogP contribution in [0.15, 0.2) is 60.0 Å². The first kappa shape index (κ1) is 23.2. The van der Waals surface area contributed by atoms with Crippen molar-refractivity contribution in [3.63, 3.8) is 0 Å². The van der Waals surface area contributed by atoms with Gasteiger partial charge in [-0.1, -0.05) is 30.8 Å². The number of amides is 1. The largest absolute Gasteiger partial charge is 0.354 e. The second-order valence-corrected chi connectivity index (χ2v) is 9.04. The van der Waals surface area contributed by atoms with Crippen molar-refractivity contribution in [2.45, 2.75) is 31.3 Å². The van der Waals surface area contributed by atoms with Crippen molar-refractivity contribution in [1.29, 1.82) is 0 Å². The lowest BCUT2D eigenvalue weighted by molar-refractivity contribution is 0.0951.